The minimum Gasteiger partial charge on any atom is -0.378 e. The van der Waals surface area contributed by atoms with Gasteiger partial charge in [0.05, 0.1) is 16.1 Å². The van der Waals surface area contributed by atoms with Crippen molar-refractivity contribution < 1.29 is 18.3 Å². The second kappa shape index (κ2) is 9.00. The maximum absolute atomic E-state index is 13.1. The van der Waals surface area contributed by atoms with E-state index in [1.165, 1.54) is 11.3 Å². The second-order valence-electron chi connectivity index (χ2n) is 8.51. The Morgan fingerprint density at radius 2 is 1.91 bits per heavy atom. The van der Waals surface area contributed by atoms with Gasteiger partial charge in [-0.1, -0.05) is 22.0 Å². The van der Waals surface area contributed by atoms with Crippen LogP contribution in [0.1, 0.15) is 40.1 Å². The molecule has 0 saturated carbocycles. The van der Waals surface area contributed by atoms with Gasteiger partial charge in [-0.3, -0.25) is 0 Å². The standard InChI is InChI=1S/C25H20BrF3N4OS/c1-14-9-19(32-22(10-14)33-21-12-16(6-8-30-21)25(27,28)29)20-13-31-23(35-20)24(34)7-2-3-15-11-17(26)4-5-18(15)24/h4-6,8-13,34H,2-3,7H2,1H3,(H,30,32,33)/t24-/m1/s1. The molecule has 5 nitrogen and oxygen atoms in total. The van der Waals surface area contributed by atoms with Crippen LogP contribution in [0.15, 0.2) is 59.3 Å². The highest BCUT2D eigenvalue weighted by Gasteiger charge is 2.39. The number of anilines is 2. The Kier molecular flexibility index (Phi) is 6.14. The quantitative estimate of drug-likeness (QED) is 0.281. The number of hydrogen-bond donors (Lipinski definition) is 2. The number of rotatable bonds is 4. The number of thiazole rings is 1. The average Bonchev–Trinajstić information content (AvgIpc) is 3.30. The van der Waals surface area contributed by atoms with Crippen molar-refractivity contribution in [1.82, 2.24) is 15.0 Å². The number of aromatic nitrogens is 3. The van der Waals surface area contributed by atoms with Gasteiger partial charge in [-0.15, -0.1) is 11.3 Å². The van der Waals surface area contributed by atoms with Gasteiger partial charge in [0.2, 0.25) is 0 Å². The number of alkyl halides is 3. The Morgan fingerprint density at radius 3 is 2.71 bits per heavy atom. The molecule has 3 heterocycles. The summed E-state index contributed by atoms with van der Waals surface area (Å²) in [6.07, 6.45) is 0.641. The Hall–Kier alpha value is -2.82. The Bertz CT molecular complexity index is 1410. The Labute approximate surface area is 212 Å². The van der Waals surface area contributed by atoms with Gasteiger partial charge in [0.1, 0.15) is 22.2 Å². The van der Waals surface area contributed by atoms with Gasteiger partial charge in [-0.25, -0.2) is 15.0 Å². The predicted octanol–water partition coefficient (Wildman–Crippen LogP) is 7.01. The molecule has 0 radical (unpaired) electrons. The van der Waals surface area contributed by atoms with Crippen LogP contribution >= 0.6 is 27.3 Å². The molecule has 0 unspecified atom stereocenters. The normalized spacial score (nSPS) is 17.8. The van der Waals surface area contributed by atoms with Crippen LogP contribution in [0.5, 0.6) is 0 Å². The van der Waals surface area contributed by atoms with Gasteiger partial charge in [0.25, 0.3) is 0 Å². The van der Waals surface area contributed by atoms with E-state index in [9.17, 15) is 18.3 Å². The molecule has 2 N–H and O–H groups in total. The number of benzene rings is 1. The maximum Gasteiger partial charge on any atom is 0.416 e. The average molecular weight is 561 g/mol. The van der Waals surface area contributed by atoms with Gasteiger partial charge < -0.3 is 10.4 Å². The van der Waals surface area contributed by atoms with Crippen molar-refractivity contribution in [2.24, 2.45) is 0 Å². The van der Waals surface area contributed by atoms with E-state index in [0.717, 1.165) is 57.2 Å². The lowest BCUT2D eigenvalue weighted by Gasteiger charge is -2.33. The van der Waals surface area contributed by atoms with E-state index in [2.05, 4.69) is 36.2 Å². The van der Waals surface area contributed by atoms with E-state index in [1.54, 1.807) is 12.3 Å². The lowest BCUT2D eigenvalue weighted by Crippen LogP contribution is -2.31. The fourth-order valence-corrected chi connectivity index (χ4v) is 5.73. The molecule has 0 saturated heterocycles. The maximum atomic E-state index is 13.1. The van der Waals surface area contributed by atoms with E-state index in [1.807, 2.05) is 31.2 Å². The van der Waals surface area contributed by atoms with Gasteiger partial charge in [0.15, 0.2) is 0 Å². The number of fused-ring (bicyclic) bond motifs is 1. The minimum atomic E-state index is -4.46. The molecule has 1 atom stereocenters. The third-order valence-corrected chi connectivity index (χ3v) is 7.59. The molecule has 180 valence electrons. The van der Waals surface area contributed by atoms with E-state index >= 15 is 0 Å². The molecule has 1 aliphatic carbocycles. The van der Waals surface area contributed by atoms with Gasteiger partial charge in [-0.2, -0.15) is 13.2 Å². The Balaban J connectivity index is 1.46. The number of pyridine rings is 2. The molecule has 3 aromatic heterocycles. The molecule has 0 bridgehead atoms. The summed E-state index contributed by atoms with van der Waals surface area (Å²) < 4.78 is 40.1. The lowest BCUT2D eigenvalue weighted by molar-refractivity contribution is -0.137. The van der Waals surface area contributed by atoms with Crippen LogP contribution in [0, 0.1) is 6.92 Å². The summed E-state index contributed by atoms with van der Waals surface area (Å²) in [5, 5.41) is 15.1. The Morgan fingerprint density at radius 1 is 1.09 bits per heavy atom. The summed E-state index contributed by atoms with van der Waals surface area (Å²) >= 11 is 4.86. The molecule has 5 rings (SSSR count). The first-order chi connectivity index (χ1) is 16.6. The van der Waals surface area contributed by atoms with E-state index in [-0.39, 0.29) is 5.82 Å². The molecule has 0 aliphatic heterocycles. The number of nitrogens with zero attached hydrogens (tertiary/aromatic N) is 3. The van der Waals surface area contributed by atoms with Crippen molar-refractivity contribution in [3.05, 3.63) is 86.6 Å². The zero-order valence-electron chi connectivity index (χ0n) is 18.5. The smallest absolute Gasteiger partial charge is 0.378 e. The van der Waals surface area contributed by atoms with Crippen molar-refractivity contribution >= 4 is 38.9 Å². The summed E-state index contributed by atoms with van der Waals surface area (Å²) in [6, 6.07) is 11.4. The van der Waals surface area contributed by atoms with Crippen LogP contribution in [-0.2, 0) is 18.2 Å². The van der Waals surface area contributed by atoms with E-state index in [4.69, 9.17) is 0 Å². The van der Waals surface area contributed by atoms with Crippen LogP contribution in [0.2, 0.25) is 0 Å². The molecule has 0 spiro atoms. The number of hydrogen-bond acceptors (Lipinski definition) is 6. The fraction of sp³-hybridized carbons (Fsp3) is 0.240. The lowest BCUT2D eigenvalue weighted by atomic mass is 9.79. The van der Waals surface area contributed by atoms with E-state index in [0.29, 0.717) is 22.9 Å². The number of aliphatic hydroxyl groups is 1. The summed E-state index contributed by atoms with van der Waals surface area (Å²) in [7, 11) is 0. The molecule has 35 heavy (non-hydrogen) atoms. The largest absolute Gasteiger partial charge is 0.416 e. The zero-order chi connectivity index (χ0) is 24.8. The van der Waals surface area contributed by atoms with Crippen LogP contribution in [0.3, 0.4) is 0 Å². The molecule has 0 amide bonds. The first-order valence-corrected chi connectivity index (χ1v) is 12.5. The van der Waals surface area contributed by atoms with Crippen LogP contribution in [0.25, 0.3) is 10.6 Å². The first-order valence-electron chi connectivity index (χ1n) is 10.9. The number of halogens is 4. The van der Waals surface area contributed by atoms with Gasteiger partial charge in [0, 0.05) is 16.9 Å². The first kappa shape index (κ1) is 23.9. The van der Waals surface area contributed by atoms with Crippen molar-refractivity contribution in [3.8, 4) is 10.6 Å². The molecule has 1 aromatic carbocycles. The summed E-state index contributed by atoms with van der Waals surface area (Å²) in [6.45, 7) is 1.88. The molecule has 10 heteroatoms. The van der Waals surface area contributed by atoms with Crippen molar-refractivity contribution in [3.63, 3.8) is 0 Å². The highest BCUT2D eigenvalue weighted by Crippen LogP contribution is 2.44. The zero-order valence-corrected chi connectivity index (χ0v) is 20.9. The summed E-state index contributed by atoms with van der Waals surface area (Å²) in [5.74, 6) is 0.418. The number of aryl methyl sites for hydroxylation is 2. The van der Waals surface area contributed by atoms with Crippen LogP contribution < -0.4 is 5.32 Å². The molecular formula is C25H20BrF3N4OS. The van der Waals surface area contributed by atoms with Crippen molar-refractivity contribution in [2.45, 2.75) is 38.0 Å². The summed E-state index contributed by atoms with van der Waals surface area (Å²) in [4.78, 5) is 13.9. The monoisotopic (exact) mass is 560 g/mol. The highest BCUT2D eigenvalue weighted by molar-refractivity contribution is 9.10. The van der Waals surface area contributed by atoms with Crippen LogP contribution in [-0.4, -0.2) is 20.1 Å². The molecular weight excluding hydrogens is 541 g/mol. The predicted molar refractivity (Wildman–Crippen MR) is 133 cm³/mol. The van der Waals surface area contributed by atoms with Gasteiger partial charge >= 0.3 is 6.18 Å². The fourth-order valence-electron chi connectivity index (χ4n) is 4.31. The highest BCUT2D eigenvalue weighted by atomic mass is 79.9. The number of nitrogens with one attached hydrogen (secondary N) is 1. The molecule has 1 aliphatic rings. The molecule has 4 aromatic rings. The SMILES string of the molecule is Cc1cc(Nc2cc(C(F)(F)F)ccn2)nc(-c2cnc([C@@]3(O)CCCc4cc(Br)ccc43)s2)c1. The van der Waals surface area contributed by atoms with Crippen molar-refractivity contribution in [2.75, 3.05) is 5.32 Å². The molecule has 0 fully saturated rings. The minimum absolute atomic E-state index is 0.0492. The topological polar surface area (TPSA) is 70.9 Å². The summed E-state index contributed by atoms with van der Waals surface area (Å²) in [5.41, 5.74) is 1.47. The van der Waals surface area contributed by atoms with Crippen molar-refractivity contribution in [1.29, 1.82) is 0 Å². The second-order valence-corrected chi connectivity index (χ2v) is 10.5. The van der Waals surface area contributed by atoms with Crippen LogP contribution in [0.4, 0.5) is 24.8 Å². The van der Waals surface area contributed by atoms with Gasteiger partial charge in [-0.05, 0) is 79.3 Å². The third-order valence-electron chi connectivity index (χ3n) is 5.92. The third kappa shape index (κ3) is 4.82. The van der Waals surface area contributed by atoms with E-state index < -0.39 is 17.3 Å².